The van der Waals surface area contributed by atoms with Gasteiger partial charge in [-0.1, -0.05) is 19.9 Å². The fourth-order valence-electron chi connectivity index (χ4n) is 1.28. The lowest BCUT2D eigenvalue weighted by atomic mass is 10.1. The molecule has 1 N–H and O–H groups in total. The molecule has 0 saturated heterocycles. The molecule has 90 valence electrons. The van der Waals surface area contributed by atoms with Crippen LogP contribution in [-0.4, -0.2) is 6.04 Å². The van der Waals surface area contributed by atoms with Crippen LogP contribution in [-0.2, 0) is 12.7 Å². The van der Waals surface area contributed by atoms with Gasteiger partial charge in [-0.05, 0) is 17.7 Å². The molecule has 0 aliphatic carbocycles. The van der Waals surface area contributed by atoms with Gasteiger partial charge in [-0.15, -0.1) is 0 Å². The summed E-state index contributed by atoms with van der Waals surface area (Å²) in [7, 11) is 0. The average molecular weight is 235 g/mol. The molecule has 0 aromatic heterocycles. The van der Waals surface area contributed by atoms with Gasteiger partial charge in [0.1, 0.15) is 5.82 Å². The monoisotopic (exact) mass is 235 g/mol. The van der Waals surface area contributed by atoms with E-state index < -0.39 is 17.6 Å². The van der Waals surface area contributed by atoms with E-state index in [-0.39, 0.29) is 18.2 Å². The van der Waals surface area contributed by atoms with Gasteiger partial charge in [-0.2, -0.15) is 13.2 Å². The van der Waals surface area contributed by atoms with E-state index in [0.717, 1.165) is 12.1 Å². The quantitative estimate of drug-likeness (QED) is 0.792. The normalized spacial score (nSPS) is 12.2. The first kappa shape index (κ1) is 13.0. The summed E-state index contributed by atoms with van der Waals surface area (Å²) in [5, 5.41) is 2.87. The highest BCUT2D eigenvalue weighted by molar-refractivity contribution is 5.30. The van der Waals surface area contributed by atoms with E-state index in [4.69, 9.17) is 0 Å². The first-order valence-electron chi connectivity index (χ1n) is 4.89. The van der Waals surface area contributed by atoms with Crippen LogP contribution in [0.2, 0.25) is 0 Å². The maximum Gasteiger partial charge on any atom is 0.416 e. The second-order valence-electron chi connectivity index (χ2n) is 3.83. The molecule has 0 radical (unpaired) electrons. The summed E-state index contributed by atoms with van der Waals surface area (Å²) in [5.74, 6) is -0.874. The lowest BCUT2D eigenvalue weighted by Gasteiger charge is -2.14. The van der Waals surface area contributed by atoms with E-state index in [2.05, 4.69) is 5.32 Å². The van der Waals surface area contributed by atoms with Crippen molar-refractivity contribution in [1.82, 2.24) is 5.32 Å². The van der Waals surface area contributed by atoms with Crippen LogP contribution in [0.25, 0.3) is 0 Å². The fraction of sp³-hybridized carbons (Fsp3) is 0.455. The van der Waals surface area contributed by atoms with E-state index in [0.29, 0.717) is 6.07 Å². The van der Waals surface area contributed by atoms with Crippen molar-refractivity contribution in [3.8, 4) is 0 Å². The van der Waals surface area contributed by atoms with Crippen molar-refractivity contribution in [3.05, 3.63) is 35.1 Å². The predicted molar refractivity (Wildman–Crippen MR) is 53.4 cm³/mol. The topological polar surface area (TPSA) is 12.0 Å². The van der Waals surface area contributed by atoms with E-state index in [1.165, 1.54) is 0 Å². The Labute approximate surface area is 91.5 Å². The molecule has 1 aromatic rings. The van der Waals surface area contributed by atoms with Crippen LogP contribution < -0.4 is 5.32 Å². The van der Waals surface area contributed by atoms with Crippen molar-refractivity contribution < 1.29 is 17.6 Å². The van der Waals surface area contributed by atoms with Crippen LogP contribution in [0.3, 0.4) is 0 Å². The molecule has 16 heavy (non-hydrogen) atoms. The first-order valence-corrected chi connectivity index (χ1v) is 4.89. The second kappa shape index (κ2) is 4.82. The molecule has 0 amide bonds. The van der Waals surface area contributed by atoms with Gasteiger partial charge in [-0.25, -0.2) is 4.39 Å². The minimum Gasteiger partial charge on any atom is -0.310 e. The Kier molecular flexibility index (Phi) is 3.91. The molecule has 0 fully saturated rings. The molecule has 0 spiro atoms. The molecule has 0 aliphatic rings. The third-order valence-corrected chi connectivity index (χ3v) is 2.08. The Hall–Kier alpha value is -1.10. The number of hydrogen-bond acceptors (Lipinski definition) is 1. The highest BCUT2D eigenvalue weighted by Gasteiger charge is 2.33. The van der Waals surface area contributed by atoms with E-state index in [1.54, 1.807) is 0 Å². The predicted octanol–water partition coefficient (Wildman–Crippen LogP) is 3.34. The minimum absolute atomic E-state index is 0.0580. The van der Waals surface area contributed by atoms with Crippen molar-refractivity contribution >= 4 is 0 Å². The van der Waals surface area contributed by atoms with Crippen LogP contribution in [0.15, 0.2) is 18.2 Å². The molecular weight excluding hydrogens is 222 g/mol. The Morgan fingerprint density at radius 3 is 2.38 bits per heavy atom. The van der Waals surface area contributed by atoms with Crippen molar-refractivity contribution in [1.29, 1.82) is 0 Å². The van der Waals surface area contributed by atoms with Crippen LogP contribution in [0.5, 0.6) is 0 Å². The van der Waals surface area contributed by atoms with Gasteiger partial charge in [-0.3, -0.25) is 0 Å². The molecule has 1 aromatic carbocycles. The van der Waals surface area contributed by atoms with Gasteiger partial charge in [0.25, 0.3) is 0 Å². The highest BCUT2D eigenvalue weighted by Crippen LogP contribution is 2.32. The smallest absolute Gasteiger partial charge is 0.310 e. The van der Waals surface area contributed by atoms with Gasteiger partial charge in [0, 0.05) is 12.6 Å². The summed E-state index contributed by atoms with van der Waals surface area (Å²) in [6, 6.07) is 2.79. The Bertz CT molecular complexity index is 357. The summed E-state index contributed by atoms with van der Waals surface area (Å²) in [6.45, 7) is 3.74. The van der Waals surface area contributed by atoms with Crippen LogP contribution in [0, 0.1) is 5.82 Å². The molecule has 0 unspecified atom stereocenters. The summed E-state index contributed by atoms with van der Waals surface area (Å²) in [5.41, 5.74) is -0.858. The number of benzene rings is 1. The summed E-state index contributed by atoms with van der Waals surface area (Å²) in [6.07, 6.45) is -4.52. The lowest BCUT2D eigenvalue weighted by molar-refractivity contribution is -0.138. The third kappa shape index (κ3) is 3.48. The van der Waals surface area contributed by atoms with Crippen molar-refractivity contribution in [3.63, 3.8) is 0 Å². The maximum absolute atomic E-state index is 12.8. The van der Waals surface area contributed by atoms with Crippen LogP contribution >= 0.6 is 0 Å². The summed E-state index contributed by atoms with van der Waals surface area (Å²) in [4.78, 5) is 0. The molecule has 0 atom stereocenters. The van der Waals surface area contributed by atoms with Crippen LogP contribution in [0.1, 0.15) is 25.0 Å². The van der Waals surface area contributed by atoms with Crippen LogP contribution in [0.4, 0.5) is 17.6 Å². The largest absolute Gasteiger partial charge is 0.416 e. The Morgan fingerprint density at radius 2 is 1.88 bits per heavy atom. The van der Waals surface area contributed by atoms with Crippen molar-refractivity contribution in [2.45, 2.75) is 32.6 Å². The zero-order chi connectivity index (χ0) is 12.3. The lowest BCUT2D eigenvalue weighted by Crippen LogP contribution is -2.24. The number of alkyl halides is 3. The first-order chi connectivity index (χ1) is 7.30. The minimum atomic E-state index is -4.52. The summed E-state index contributed by atoms with van der Waals surface area (Å²) < 4.78 is 50.4. The van der Waals surface area contributed by atoms with E-state index >= 15 is 0 Å². The molecular formula is C11H13F4N. The van der Waals surface area contributed by atoms with Crippen molar-refractivity contribution in [2.24, 2.45) is 0 Å². The maximum atomic E-state index is 12.8. The van der Waals surface area contributed by atoms with Gasteiger partial charge >= 0.3 is 6.18 Å². The zero-order valence-corrected chi connectivity index (χ0v) is 9.03. The van der Waals surface area contributed by atoms with Gasteiger partial charge < -0.3 is 5.32 Å². The molecule has 0 aliphatic heterocycles. The molecule has 0 saturated carbocycles. The number of rotatable bonds is 3. The molecule has 1 nitrogen and oxygen atoms in total. The Balaban J connectivity index is 2.99. The van der Waals surface area contributed by atoms with Crippen molar-refractivity contribution in [2.75, 3.05) is 0 Å². The third-order valence-electron chi connectivity index (χ3n) is 2.08. The number of halogens is 4. The highest BCUT2D eigenvalue weighted by atomic mass is 19.4. The average Bonchev–Trinajstić information content (AvgIpc) is 2.14. The SMILES string of the molecule is CC(C)NCc1ccc(F)cc1C(F)(F)F. The molecule has 0 heterocycles. The van der Waals surface area contributed by atoms with Gasteiger partial charge in [0.15, 0.2) is 0 Å². The number of nitrogens with one attached hydrogen (secondary N) is 1. The standard InChI is InChI=1S/C11H13F4N/c1-7(2)16-6-8-3-4-9(12)5-10(8)11(13,14)15/h3-5,7,16H,6H2,1-2H3. The van der Waals surface area contributed by atoms with E-state index in [9.17, 15) is 17.6 Å². The molecule has 1 rings (SSSR count). The van der Waals surface area contributed by atoms with E-state index in [1.807, 2.05) is 13.8 Å². The fourth-order valence-corrected chi connectivity index (χ4v) is 1.28. The van der Waals surface area contributed by atoms with Gasteiger partial charge in [0.2, 0.25) is 0 Å². The Morgan fingerprint density at radius 1 is 1.25 bits per heavy atom. The second-order valence-corrected chi connectivity index (χ2v) is 3.83. The molecule has 0 bridgehead atoms. The molecule has 5 heteroatoms. The zero-order valence-electron chi connectivity index (χ0n) is 9.03. The van der Waals surface area contributed by atoms with Gasteiger partial charge in [0.05, 0.1) is 5.56 Å². The number of hydrogen-bond donors (Lipinski definition) is 1. The summed E-state index contributed by atoms with van der Waals surface area (Å²) >= 11 is 0.